The van der Waals surface area contributed by atoms with Crippen LogP contribution in [0, 0.1) is 0 Å². The van der Waals surface area contributed by atoms with Crippen molar-refractivity contribution >= 4 is 34.2 Å². The van der Waals surface area contributed by atoms with Crippen LogP contribution in [0.2, 0.25) is 0 Å². The number of hydrogen-bond acceptors (Lipinski definition) is 6. The fourth-order valence-electron chi connectivity index (χ4n) is 2.11. The molecular weight excluding hydrogens is 282 g/mol. The lowest BCUT2D eigenvalue weighted by Gasteiger charge is -2.05. The van der Waals surface area contributed by atoms with Crippen LogP contribution >= 0.6 is 11.3 Å². The molecule has 1 N–H and O–H groups in total. The second-order valence-corrected chi connectivity index (χ2v) is 5.30. The third-order valence-electron chi connectivity index (χ3n) is 2.92. The number of hydrogen-bond donors (Lipinski definition) is 1. The van der Waals surface area contributed by atoms with E-state index in [4.69, 9.17) is 4.74 Å². The van der Waals surface area contributed by atoms with Crippen LogP contribution in [0.15, 0.2) is 12.2 Å². The molecule has 0 aromatic carbocycles. The third-order valence-corrected chi connectivity index (χ3v) is 4.13. The number of carbonyl (C=O) groups excluding carboxylic acids is 3. The predicted octanol–water partition coefficient (Wildman–Crippen LogP) is 0.268. The van der Waals surface area contributed by atoms with E-state index in [9.17, 15) is 19.5 Å². The van der Waals surface area contributed by atoms with Gasteiger partial charge in [-0.05, 0) is 30.9 Å². The van der Waals surface area contributed by atoms with Gasteiger partial charge < -0.3 is 20.0 Å². The molecule has 0 radical (unpaired) electrons. The summed E-state index contributed by atoms with van der Waals surface area (Å²) in [5.74, 6) is -2.58. The average Bonchev–Trinajstić information content (AvgIpc) is 2.95. The quantitative estimate of drug-likeness (QED) is 0.635. The van der Waals surface area contributed by atoms with Crippen LogP contribution in [0.4, 0.5) is 5.00 Å². The largest absolute Gasteiger partial charge is 0.545 e. The number of carbonyl (C=O) groups is 3. The van der Waals surface area contributed by atoms with Crippen LogP contribution in [-0.2, 0) is 27.2 Å². The van der Waals surface area contributed by atoms with E-state index in [2.05, 4.69) is 5.32 Å². The van der Waals surface area contributed by atoms with E-state index >= 15 is 0 Å². The number of anilines is 1. The summed E-state index contributed by atoms with van der Waals surface area (Å²) in [5, 5.41) is 13.2. The molecule has 1 aromatic heterocycles. The van der Waals surface area contributed by atoms with Crippen LogP contribution in [0.3, 0.4) is 0 Å². The van der Waals surface area contributed by atoms with E-state index in [0.717, 1.165) is 35.8 Å². The van der Waals surface area contributed by atoms with Gasteiger partial charge in [-0.2, -0.15) is 0 Å². The number of fused-ring (bicyclic) bond motifs is 1. The predicted molar refractivity (Wildman–Crippen MR) is 70.5 cm³/mol. The molecule has 1 aromatic rings. The highest BCUT2D eigenvalue weighted by atomic mass is 32.1. The van der Waals surface area contributed by atoms with E-state index in [1.807, 2.05) is 0 Å². The molecule has 0 spiro atoms. The summed E-state index contributed by atoms with van der Waals surface area (Å²) in [6.45, 7) is 0. The fourth-order valence-corrected chi connectivity index (χ4v) is 3.39. The number of thiophene rings is 1. The van der Waals surface area contributed by atoms with Gasteiger partial charge in [0.2, 0.25) is 5.91 Å². The number of esters is 1. The number of carboxylic acid groups (broad SMARTS) is 1. The molecule has 0 atom stereocenters. The van der Waals surface area contributed by atoms with Crippen molar-refractivity contribution in [3.63, 3.8) is 0 Å². The molecule has 0 fully saturated rings. The fraction of sp³-hybridized carbons (Fsp3) is 0.308. The molecule has 2 rings (SSSR count). The van der Waals surface area contributed by atoms with Crippen molar-refractivity contribution in [2.45, 2.75) is 19.3 Å². The zero-order valence-electron chi connectivity index (χ0n) is 10.7. The zero-order valence-corrected chi connectivity index (χ0v) is 11.5. The van der Waals surface area contributed by atoms with Crippen molar-refractivity contribution in [1.29, 1.82) is 0 Å². The monoisotopic (exact) mass is 294 g/mol. The zero-order chi connectivity index (χ0) is 14.7. The lowest BCUT2D eigenvalue weighted by molar-refractivity contribution is -0.297. The number of aliphatic carboxylic acids is 1. The summed E-state index contributed by atoms with van der Waals surface area (Å²) in [7, 11) is 1.28. The highest BCUT2D eigenvalue weighted by molar-refractivity contribution is 7.17. The van der Waals surface area contributed by atoms with E-state index in [1.165, 1.54) is 18.4 Å². The third kappa shape index (κ3) is 2.88. The van der Waals surface area contributed by atoms with Gasteiger partial charge >= 0.3 is 5.97 Å². The molecule has 7 heteroatoms. The Hall–Kier alpha value is -2.15. The first-order chi connectivity index (χ1) is 9.52. The van der Waals surface area contributed by atoms with Gasteiger partial charge in [-0.25, -0.2) is 4.79 Å². The van der Waals surface area contributed by atoms with Gasteiger partial charge in [0.1, 0.15) is 5.00 Å². The molecule has 1 amide bonds. The molecule has 0 saturated carbocycles. The highest BCUT2D eigenvalue weighted by Gasteiger charge is 2.27. The van der Waals surface area contributed by atoms with Crippen LogP contribution in [0.1, 0.15) is 27.2 Å². The minimum Gasteiger partial charge on any atom is -0.545 e. The smallest absolute Gasteiger partial charge is 0.341 e. The average molecular weight is 294 g/mol. The van der Waals surface area contributed by atoms with Crippen molar-refractivity contribution in [1.82, 2.24) is 0 Å². The van der Waals surface area contributed by atoms with Gasteiger partial charge in [0.25, 0.3) is 0 Å². The maximum atomic E-state index is 11.8. The molecule has 6 nitrogen and oxygen atoms in total. The molecule has 0 bridgehead atoms. The van der Waals surface area contributed by atoms with Crippen LogP contribution in [0.5, 0.6) is 0 Å². The van der Waals surface area contributed by atoms with E-state index < -0.39 is 17.8 Å². The standard InChI is InChI=1S/C13H13NO5S/c1-19-13(18)11-7-3-2-4-8(7)20-12(11)14-9(15)5-6-10(16)17/h5-6H,2-4H2,1H3,(H,14,15)(H,16,17)/p-1. The van der Waals surface area contributed by atoms with Gasteiger partial charge in [0.15, 0.2) is 0 Å². The SMILES string of the molecule is COC(=O)c1c(NC(=O)C=CC(=O)[O-])sc2c1CCC2. The Bertz CT molecular complexity index is 602. The number of ether oxygens (including phenoxy) is 1. The van der Waals surface area contributed by atoms with Crippen molar-refractivity contribution in [3.8, 4) is 0 Å². The number of methoxy groups -OCH3 is 1. The van der Waals surface area contributed by atoms with E-state index in [-0.39, 0.29) is 0 Å². The van der Waals surface area contributed by atoms with Crippen molar-refractivity contribution in [2.75, 3.05) is 12.4 Å². The molecule has 106 valence electrons. The topological polar surface area (TPSA) is 95.5 Å². The number of amides is 1. The highest BCUT2D eigenvalue weighted by Crippen LogP contribution is 2.39. The first-order valence-electron chi connectivity index (χ1n) is 5.95. The second-order valence-electron chi connectivity index (χ2n) is 4.19. The Morgan fingerprint density at radius 1 is 1.30 bits per heavy atom. The molecule has 20 heavy (non-hydrogen) atoms. The van der Waals surface area contributed by atoms with Gasteiger partial charge in [-0.1, -0.05) is 0 Å². The Balaban J connectivity index is 2.26. The molecule has 0 unspecified atom stereocenters. The van der Waals surface area contributed by atoms with Gasteiger partial charge in [-0.15, -0.1) is 11.3 Å². The molecule has 0 aliphatic heterocycles. The van der Waals surface area contributed by atoms with Gasteiger partial charge in [0, 0.05) is 11.0 Å². The molecule has 0 saturated heterocycles. The summed E-state index contributed by atoms with van der Waals surface area (Å²) in [5.41, 5.74) is 1.29. The summed E-state index contributed by atoms with van der Waals surface area (Å²) >= 11 is 1.33. The summed E-state index contributed by atoms with van der Waals surface area (Å²) < 4.78 is 4.73. The molecule has 1 aliphatic rings. The summed E-state index contributed by atoms with van der Waals surface area (Å²) in [6, 6.07) is 0. The van der Waals surface area contributed by atoms with Crippen molar-refractivity contribution in [2.24, 2.45) is 0 Å². The van der Waals surface area contributed by atoms with Crippen LogP contribution < -0.4 is 10.4 Å². The minimum absolute atomic E-state index is 0.375. The Kier molecular flexibility index (Phi) is 4.19. The van der Waals surface area contributed by atoms with E-state index in [0.29, 0.717) is 16.6 Å². The Labute approximate surface area is 119 Å². The van der Waals surface area contributed by atoms with Gasteiger partial charge in [-0.3, -0.25) is 4.79 Å². The van der Waals surface area contributed by atoms with Crippen molar-refractivity contribution < 1.29 is 24.2 Å². The number of rotatable bonds is 4. The van der Waals surface area contributed by atoms with Crippen LogP contribution in [-0.4, -0.2) is 25.0 Å². The lowest BCUT2D eigenvalue weighted by atomic mass is 10.1. The Morgan fingerprint density at radius 3 is 2.70 bits per heavy atom. The normalized spacial score (nSPS) is 13.2. The summed E-state index contributed by atoms with van der Waals surface area (Å²) in [4.78, 5) is 34.7. The maximum Gasteiger partial charge on any atom is 0.341 e. The van der Waals surface area contributed by atoms with Crippen LogP contribution in [0.25, 0.3) is 0 Å². The Morgan fingerprint density at radius 2 is 2.05 bits per heavy atom. The number of carboxylic acids is 1. The van der Waals surface area contributed by atoms with Gasteiger partial charge in [0.05, 0.1) is 18.6 Å². The van der Waals surface area contributed by atoms with Crippen molar-refractivity contribution in [3.05, 3.63) is 28.2 Å². The molecular formula is C13H12NO5S-. The molecule has 1 aliphatic carbocycles. The minimum atomic E-state index is -1.46. The number of aryl methyl sites for hydroxylation is 1. The van der Waals surface area contributed by atoms with E-state index in [1.54, 1.807) is 0 Å². The second kappa shape index (κ2) is 5.87. The first kappa shape index (κ1) is 14.3. The number of nitrogens with one attached hydrogen (secondary N) is 1. The molecule has 1 heterocycles. The maximum absolute atomic E-state index is 11.8. The first-order valence-corrected chi connectivity index (χ1v) is 6.77. The summed E-state index contributed by atoms with van der Waals surface area (Å²) in [6.07, 6.45) is 4.11. The lowest BCUT2D eigenvalue weighted by Crippen LogP contribution is -2.20.